The molecule has 0 fully saturated rings. The Morgan fingerprint density at radius 1 is 1.36 bits per heavy atom. The van der Waals surface area contributed by atoms with Crippen LogP contribution in [-0.2, 0) is 0 Å². The number of benzene rings is 1. The van der Waals surface area contributed by atoms with Crippen LogP contribution in [0.5, 0.6) is 5.75 Å². The molecular formula is C16H12ClN3O3S2. The van der Waals surface area contributed by atoms with Gasteiger partial charge in [-0.1, -0.05) is 29.4 Å². The van der Waals surface area contributed by atoms with Crippen molar-refractivity contribution in [3.8, 4) is 16.3 Å². The molecule has 1 N–H and O–H groups in total. The minimum atomic E-state index is -0.340. The minimum Gasteiger partial charge on any atom is -0.496 e. The van der Waals surface area contributed by atoms with Crippen LogP contribution in [0.25, 0.3) is 10.6 Å². The molecule has 6 nitrogen and oxygen atoms in total. The van der Waals surface area contributed by atoms with Gasteiger partial charge in [0.1, 0.15) is 5.75 Å². The number of carbonyl (C=O) groups is 1. The van der Waals surface area contributed by atoms with Crippen molar-refractivity contribution in [2.24, 2.45) is 0 Å². The predicted molar refractivity (Wildman–Crippen MR) is 99.0 cm³/mol. The molecule has 2 heterocycles. The molecule has 9 heteroatoms. The number of ether oxygens (including phenoxy) is 1. The van der Waals surface area contributed by atoms with E-state index in [1.165, 1.54) is 18.4 Å². The number of halogens is 1. The van der Waals surface area contributed by atoms with E-state index in [-0.39, 0.29) is 27.9 Å². The van der Waals surface area contributed by atoms with Crippen molar-refractivity contribution >= 4 is 40.5 Å². The number of rotatable bonds is 6. The Labute approximate surface area is 156 Å². The summed E-state index contributed by atoms with van der Waals surface area (Å²) in [5.74, 6) is 0.330. The maximum Gasteiger partial charge on any atom is 0.279 e. The Balaban J connectivity index is 1.74. The number of Topliss-reactive ketones (excluding diaryl/α,β-unsaturated/α-hetero) is 1. The number of ketones is 1. The fourth-order valence-corrected chi connectivity index (χ4v) is 3.64. The summed E-state index contributed by atoms with van der Waals surface area (Å²) in [5.41, 5.74) is 0.308. The van der Waals surface area contributed by atoms with Gasteiger partial charge >= 0.3 is 0 Å². The molecule has 0 aliphatic carbocycles. The summed E-state index contributed by atoms with van der Waals surface area (Å²) in [6, 6.07) is 8.47. The molecule has 0 spiro atoms. The van der Waals surface area contributed by atoms with Crippen molar-refractivity contribution in [3.63, 3.8) is 0 Å². The molecule has 2 aromatic heterocycles. The van der Waals surface area contributed by atoms with Gasteiger partial charge < -0.3 is 4.74 Å². The van der Waals surface area contributed by atoms with Gasteiger partial charge in [0.15, 0.2) is 16.6 Å². The summed E-state index contributed by atoms with van der Waals surface area (Å²) in [6.07, 6.45) is 0. The molecule has 3 aromatic rings. The molecular weight excluding hydrogens is 382 g/mol. The molecule has 0 atom stereocenters. The van der Waals surface area contributed by atoms with Crippen molar-refractivity contribution in [2.45, 2.75) is 5.16 Å². The van der Waals surface area contributed by atoms with Gasteiger partial charge in [0.05, 0.1) is 23.3 Å². The summed E-state index contributed by atoms with van der Waals surface area (Å²) in [5, 5.41) is 10.5. The van der Waals surface area contributed by atoms with E-state index in [2.05, 4.69) is 15.2 Å². The number of thioether (sulfide) groups is 1. The number of carbonyl (C=O) groups excluding carboxylic acids is 1. The largest absolute Gasteiger partial charge is 0.496 e. The van der Waals surface area contributed by atoms with Crippen LogP contribution in [0.15, 0.2) is 45.7 Å². The smallest absolute Gasteiger partial charge is 0.279 e. The third-order valence-electron chi connectivity index (χ3n) is 3.23. The molecule has 0 unspecified atom stereocenters. The second-order valence-electron chi connectivity index (χ2n) is 4.84. The third kappa shape index (κ3) is 4.09. The molecule has 0 saturated carbocycles. The maximum atomic E-state index is 12.4. The van der Waals surface area contributed by atoms with E-state index in [0.29, 0.717) is 16.3 Å². The predicted octanol–water partition coefficient (Wildman–Crippen LogP) is 3.53. The van der Waals surface area contributed by atoms with Gasteiger partial charge in [0.2, 0.25) is 0 Å². The number of nitrogens with zero attached hydrogens (tertiary/aromatic N) is 2. The van der Waals surface area contributed by atoms with Crippen LogP contribution in [-0.4, -0.2) is 33.8 Å². The summed E-state index contributed by atoms with van der Waals surface area (Å²) in [6.45, 7) is 0. The minimum absolute atomic E-state index is 0.0691. The number of nitrogens with one attached hydrogen (secondary N) is 1. The average Bonchev–Trinajstić information content (AvgIpc) is 3.14. The number of hydrogen-bond donors (Lipinski definition) is 1. The second kappa shape index (κ2) is 7.81. The first-order valence-corrected chi connectivity index (χ1v) is 9.33. The number of hydrogen-bond acceptors (Lipinski definition) is 7. The van der Waals surface area contributed by atoms with E-state index >= 15 is 0 Å². The van der Waals surface area contributed by atoms with Gasteiger partial charge in [0, 0.05) is 5.02 Å². The number of H-pyrrole nitrogens is 1. The first-order valence-electron chi connectivity index (χ1n) is 7.09. The van der Waals surface area contributed by atoms with Crippen LogP contribution < -0.4 is 10.3 Å². The van der Waals surface area contributed by atoms with Crippen molar-refractivity contribution in [1.82, 2.24) is 15.2 Å². The maximum absolute atomic E-state index is 12.4. The highest BCUT2D eigenvalue weighted by Gasteiger charge is 2.15. The van der Waals surface area contributed by atoms with Gasteiger partial charge in [-0.25, -0.2) is 0 Å². The van der Waals surface area contributed by atoms with E-state index in [1.807, 2.05) is 11.4 Å². The molecule has 0 saturated heterocycles. The van der Waals surface area contributed by atoms with Gasteiger partial charge in [-0.15, -0.1) is 21.5 Å². The van der Waals surface area contributed by atoms with Gasteiger partial charge in [0.25, 0.3) is 5.56 Å². The fourth-order valence-electron chi connectivity index (χ4n) is 2.07. The van der Waals surface area contributed by atoms with Gasteiger partial charge in [-0.2, -0.15) is 0 Å². The molecule has 0 radical (unpaired) electrons. The first kappa shape index (κ1) is 17.7. The van der Waals surface area contributed by atoms with E-state index in [9.17, 15) is 9.59 Å². The standard InChI is InChI=1S/C16H12ClN3O3S2/c1-23-12-5-4-9(17)7-10(12)11(21)8-25-16-18-15(22)14(19-20-16)13-3-2-6-24-13/h2-7H,8H2,1H3,(H,18,20,22). The summed E-state index contributed by atoms with van der Waals surface area (Å²) < 4.78 is 5.18. The van der Waals surface area contributed by atoms with E-state index in [0.717, 1.165) is 16.6 Å². The lowest BCUT2D eigenvalue weighted by Gasteiger charge is -2.07. The summed E-state index contributed by atoms with van der Waals surface area (Å²) >= 11 is 8.44. The zero-order valence-corrected chi connectivity index (χ0v) is 15.4. The zero-order chi connectivity index (χ0) is 17.8. The Bertz CT molecular complexity index is 958. The van der Waals surface area contributed by atoms with E-state index in [1.54, 1.807) is 24.3 Å². The molecule has 0 aliphatic rings. The van der Waals surface area contributed by atoms with Gasteiger partial charge in [-0.3, -0.25) is 14.6 Å². The Morgan fingerprint density at radius 3 is 2.88 bits per heavy atom. The number of aromatic amines is 1. The molecule has 128 valence electrons. The third-order valence-corrected chi connectivity index (χ3v) is 5.21. The van der Waals surface area contributed by atoms with Gasteiger partial charge in [-0.05, 0) is 29.6 Å². The quantitative estimate of drug-likeness (QED) is 0.509. The monoisotopic (exact) mass is 393 g/mol. The Hall–Kier alpha value is -2.16. The van der Waals surface area contributed by atoms with Crippen LogP contribution in [0.2, 0.25) is 5.02 Å². The van der Waals surface area contributed by atoms with Crippen LogP contribution >= 0.6 is 34.7 Å². The van der Waals surface area contributed by atoms with Crippen molar-refractivity contribution in [3.05, 3.63) is 56.7 Å². The summed E-state index contributed by atoms with van der Waals surface area (Å²) in [4.78, 5) is 27.9. The number of aromatic nitrogens is 3. The SMILES string of the molecule is COc1ccc(Cl)cc1C(=O)CSc1nnc(-c2cccs2)c(=O)[nH]1. The van der Waals surface area contributed by atoms with Crippen molar-refractivity contribution < 1.29 is 9.53 Å². The van der Waals surface area contributed by atoms with Crippen LogP contribution in [0.3, 0.4) is 0 Å². The molecule has 3 rings (SSSR count). The molecule has 0 bridgehead atoms. The molecule has 25 heavy (non-hydrogen) atoms. The molecule has 0 aliphatic heterocycles. The van der Waals surface area contributed by atoms with E-state index in [4.69, 9.17) is 16.3 Å². The topological polar surface area (TPSA) is 84.9 Å². The molecule has 0 amide bonds. The van der Waals surface area contributed by atoms with Crippen LogP contribution in [0.1, 0.15) is 10.4 Å². The second-order valence-corrected chi connectivity index (χ2v) is 7.19. The fraction of sp³-hybridized carbons (Fsp3) is 0.125. The lowest BCUT2D eigenvalue weighted by atomic mass is 10.1. The Morgan fingerprint density at radius 2 is 2.20 bits per heavy atom. The normalized spacial score (nSPS) is 10.6. The lowest BCUT2D eigenvalue weighted by molar-refractivity contribution is 0.101. The Kier molecular flexibility index (Phi) is 5.52. The number of thiophene rings is 1. The average molecular weight is 394 g/mol. The molecule has 1 aromatic carbocycles. The van der Waals surface area contributed by atoms with E-state index < -0.39 is 0 Å². The highest BCUT2D eigenvalue weighted by atomic mass is 35.5. The summed E-state index contributed by atoms with van der Waals surface area (Å²) in [7, 11) is 1.49. The highest BCUT2D eigenvalue weighted by Crippen LogP contribution is 2.25. The van der Waals surface area contributed by atoms with Crippen LogP contribution in [0.4, 0.5) is 0 Å². The van der Waals surface area contributed by atoms with Crippen LogP contribution in [0, 0.1) is 0 Å². The zero-order valence-electron chi connectivity index (χ0n) is 13.0. The first-order chi connectivity index (χ1) is 12.1. The van der Waals surface area contributed by atoms with Crippen molar-refractivity contribution in [1.29, 1.82) is 0 Å². The number of methoxy groups -OCH3 is 1. The lowest BCUT2D eigenvalue weighted by Crippen LogP contribution is -2.14. The van der Waals surface area contributed by atoms with Crippen molar-refractivity contribution in [2.75, 3.05) is 12.9 Å². The highest BCUT2D eigenvalue weighted by molar-refractivity contribution is 7.99.